The molecule has 0 aliphatic heterocycles. The maximum Gasteiger partial charge on any atom is 0.510 e. The number of hydrogen-bond acceptors (Lipinski definition) is 16. The van der Waals surface area contributed by atoms with E-state index >= 15 is 0 Å². The first-order valence-corrected chi connectivity index (χ1v) is 14.1. The van der Waals surface area contributed by atoms with Crippen LogP contribution in [0.1, 0.15) is 34.6 Å². The number of carbonyl (C=O) groups is 4. The molecule has 2 aromatic rings. The average molecular weight is 636 g/mol. The Bertz CT molecular complexity index is 1250. The summed E-state index contributed by atoms with van der Waals surface area (Å²) in [5.74, 6) is -2.28. The fourth-order valence-electron chi connectivity index (χ4n) is 2.60. The van der Waals surface area contributed by atoms with E-state index < -0.39 is 70.1 Å². The molecule has 20 heteroatoms. The molecule has 0 aliphatic rings. The highest BCUT2D eigenvalue weighted by Crippen LogP contribution is 2.48. The van der Waals surface area contributed by atoms with Crippen molar-refractivity contribution in [3.05, 3.63) is 24.8 Å². The third-order valence-electron chi connectivity index (χ3n) is 4.29. The molecule has 19 nitrogen and oxygen atoms in total. The Morgan fingerprint density at radius 2 is 1.42 bits per heavy atom. The van der Waals surface area contributed by atoms with Gasteiger partial charge in [-0.05, 0) is 34.6 Å². The maximum atomic E-state index is 13.1. The number of anilines is 1. The van der Waals surface area contributed by atoms with Crippen molar-refractivity contribution in [3.63, 3.8) is 0 Å². The van der Waals surface area contributed by atoms with Gasteiger partial charge in [0.15, 0.2) is 11.5 Å². The summed E-state index contributed by atoms with van der Waals surface area (Å²) in [4.78, 5) is 54.3. The van der Waals surface area contributed by atoms with Crippen LogP contribution >= 0.6 is 7.60 Å². The predicted octanol–water partition coefficient (Wildman–Crippen LogP) is 2.75. The summed E-state index contributed by atoms with van der Waals surface area (Å²) in [7, 11) is -4.06. The van der Waals surface area contributed by atoms with Gasteiger partial charge in [0.25, 0.3) is 0 Å². The molecule has 0 aliphatic carbocycles. The lowest BCUT2D eigenvalue weighted by Crippen LogP contribution is -2.20. The van der Waals surface area contributed by atoms with Gasteiger partial charge in [-0.15, -0.1) is 0 Å². The van der Waals surface area contributed by atoms with Gasteiger partial charge < -0.3 is 44.2 Å². The molecule has 0 saturated carbocycles. The zero-order valence-corrected chi connectivity index (χ0v) is 24.9. The monoisotopic (exact) mass is 635 g/mol. The summed E-state index contributed by atoms with van der Waals surface area (Å²) >= 11 is 0. The normalized spacial score (nSPS) is 12.1. The van der Waals surface area contributed by atoms with Crippen molar-refractivity contribution in [1.29, 1.82) is 0 Å². The van der Waals surface area contributed by atoms with E-state index in [1.807, 2.05) is 0 Å². The SMILES string of the molecule is CC(C)OC(=O)OCOP(=O)(COC(C)Cn1cnc2c(N)ncnc21)OCOC(=O)OC(C)C.O=C(O)/C=C/C(=O)O. The van der Waals surface area contributed by atoms with Crippen molar-refractivity contribution in [2.45, 2.75) is 59.5 Å². The molecule has 0 amide bonds. The van der Waals surface area contributed by atoms with Gasteiger partial charge in [0.05, 0.1) is 31.2 Å². The van der Waals surface area contributed by atoms with Crippen LogP contribution in [0.3, 0.4) is 0 Å². The van der Waals surface area contributed by atoms with Crippen molar-refractivity contribution in [2.24, 2.45) is 0 Å². The third kappa shape index (κ3) is 15.5. The minimum atomic E-state index is -4.06. The number of carboxylic acid groups (broad SMARTS) is 2. The number of fused-ring (bicyclic) bond motifs is 1. The van der Waals surface area contributed by atoms with E-state index in [1.54, 1.807) is 39.2 Å². The van der Waals surface area contributed by atoms with E-state index in [-0.39, 0.29) is 12.4 Å². The third-order valence-corrected chi connectivity index (χ3v) is 5.75. The second-order valence-corrected chi connectivity index (χ2v) is 10.7. The lowest BCUT2D eigenvalue weighted by atomic mass is 10.4. The lowest BCUT2D eigenvalue weighted by molar-refractivity contribution is -0.134. The van der Waals surface area contributed by atoms with Crippen LogP contribution in [-0.4, -0.2) is 92.2 Å². The molecule has 1 atom stereocenters. The zero-order chi connectivity index (χ0) is 32.6. The first-order chi connectivity index (χ1) is 20.1. The molecule has 0 spiro atoms. The Labute approximate surface area is 245 Å². The molecule has 4 N–H and O–H groups in total. The van der Waals surface area contributed by atoms with Crippen molar-refractivity contribution < 1.29 is 66.7 Å². The molecule has 43 heavy (non-hydrogen) atoms. The Hall–Kier alpha value is -4.32. The first-order valence-electron chi connectivity index (χ1n) is 12.3. The van der Waals surface area contributed by atoms with Gasteiger partial charge in [-0.25, -0.2) is 34.1 Å². The second-order valence-electron chi connectivity index (χ2n) is 8.67. The number of rotatable bonds is 15. The minimum absolute atomic E-state index is 0.237. The fourth-order valence-corrected chi connectivity index (χ4v) is 3.68. The van der Waals surface area contributed by atoms with Crippen LogP contribution in [0.2, 0.25) is 0 Å². The molecule has 2 heterocycles. The van der Waals surface area contributed by atoms with Crippen LogP contribution < -0.4 is 5.73 Å². The van der Waals surface area contributed by atoms with Crippen molar-refractivity contribution in [3.8, 4) is 0 Å². The molecule has 240 valence electrons. The van der Waals surface area contributed by atoms with Crippen LogP contribution in [-0.2, 0) is 53.4 Å². The topological polar surface area (TPSA) is 260 Å². The van der Waals surface area contributed by atoms with Crippen LogP contribution in [0.25, 0.3) is 11.2 Å². The van der Waals surface area contributed by atoms with Gasteiger partial charge >= 0.3 is 31.8 Å². The highest BCUT2D eigenvalue weighted by atomic mass is 31.2. The molecule has 0 aromatic carbocycles. The van der Waals surface area contributed by atoms with E-state index in [9.17, 15) is 23.7 Å². The van der Waals surface area contributed by atoms with Crippen molar-refractivity contribution >= 4 is 48.8 Å². The smallest absolute Gasteiger partial charge is 0.478 e. The summed E-state index contributed by atoms with van der Waals surface area (Å²) in [5, 5.41) is 15.6. The number of nitrogens with zero attached hydrogens (tertiary/aromatic N) is 4. The van der Waals surface area contributed by atoms with Crippen LogP contribution in [0.15, 0.2) is 24.8 Å². The number of ether oxygens (including phenoxy) is 5. The summed E-state index contributed by atoms with van der Waals surface area (Å²) in [6, 6.07) is 0. The molecule has 2 rings (SSSR count). The number of hydrogen-bond donors (Lipinski definition) is 3. The quantitative estimate of drug-likeness (QED) is 0.110. The van der Waals surface area contributed by atoms with Gasteiger partial charge in [-0.2, -0.15) is 0 Å². The summed E-state index contributed by atoms with van der Waals surface area (Å²) in [5.41, 5.74) is 6.72. The number of aromatic nitrogens is 4. The Morgan fingerprint density at radius 3 is 1.88 bits per heavy atom. The maximum absolute atomic E-state index is 13.1. The van der Waals surface area contributed by atoms with Gasteiger partial charge in [0, 0.05) is 12.2 Å². The number of carboxylic acids is 2. The van der Waals surface area contributed by atoms with Crippen LogP contribution in [0.4, 0.5) is 15.4 Å². The number of carbonyl (C=O) groups excluding carboxylic acids is 2. The molecule has 2 aromatic heterocycles. The summed E-state index contributed by atoms with van der Waals surface area (Å²) < 4.78 is 49.7. The highest BCUT2D eigenvalue weighted by molar-refractivity contribution is 7.53. The molecule has 0 saturated heterocycles. The Kier molecular flexibility index (Phi) is 15.6. The number of nitrogens with two attached hydrogens (primary N) is 1. The summed E-state index contributed by atoms with van der Waals surface area (Å²) in [6.07, 6.45) is -0.0196. The van der Waals surface area contributed by atoms with E-state index in [4.69, 9.17) is 48.7 Å². The van der Waals surface area contributed by atoms with Gasteiger partial charge in [-0.3, -0.25) is 13.6 Å². The van der Waals surface area contributed by atoms with Crippen LogP contribution in [0, 0.1) is 0 Å². The molecule has 1 unspecified atom stereocenters. The van der Waals surface area contributed by atoms with E-state index in [0.29, 0.717) is 23.3 Å². The average Bonchev–Trinajstić information content (AvgIpc) is 3.30. The van der Waals surface area contributed by atoms with E-state index in [0.717, 1.165) is 0 Å². The minimum Gasteiger partial charge on any atom is -0.478 e. The van der Waals surface area contributed by atoms with Gasteiger partial charge in [0.2, 0.25) is 13.6 Å². The van der Waals surface area contributed by atoms with Gasteiger partial charge in [0.1, 0.15) is 18.2 Å². The first kappa shape index (κ1) is 36.7. The highest BCUT2D eigenvalue weighted by Gasteiger charge is 2.29. The molecular formula is C23H34N5O14P. The fraction of sp³-hybridized carbons (Fsp3) is 0.522. The lowest BCUT2D eigenvalue weighted by Gasteiger charge is -2.21. The second kappa shape index (κ2) is 18.3. The predicted molar refractivity (Wildman–Crippen MR) is 144 cm³/mol. The zero-order valence-electron chi connectivity index (χ0n) is 24.0. The number of aliphatic carboxylic acids is 2. The number of imidazole rings is 1. The van der Waals surface area contributed by atoms with Gasteiger partial charge in [-0.1, -0.05) is 0 Å². The largest absolute Gasteiger partial charge is 0.510 e. The van der Waals surface area contributed by atoms with E-state index in [2.05, 4.69) is 15.0 Å². The number of nitrogen functional groups attached to an aromatic ring is 1. The van der Waals surface area contributed by atoms with E-state index in [1.165, 1.54) is 12.7 Å². The molecular weight excluding hydrogens is 601 g/mol. The van der Waals surface area contributed by atoms with Crippen molar-refractivity contribution in [1.82, 2.24) is 19.5 Å². The standard InChI is InChI=1S/C19H30N5O10P.C4H4O4/c1-12(2)33-18(25)28-9-31-35(27,32-10-29-19(26)34-13(3)4)11-30-14(5)6-24-8-23-15-16(20)21-7-22-17(15)24;5-3(6)1-2-4(7)8/h7-8,12-14H,6,9-11H2,1-5H3,(H2,20,21,22);1-2H,(H,5,6)(H,7,8)/b;2-1+. The molecule has 0 radical (unpaired) electrons. The molecule has 0 fully saturated rings. The Balaban J connectivity index is 0.00000101. The molecule has 0 bridgehead atoms. The Morgan fingerprint density at radius 1 is 0.907 bits per heavy atom. The summed E-state index contributed by atoms with van der Waals surface area (Å²) in [6.45, 7) is 6.98. The van der Waals surface area contributed by atoms with Crippen LogP contribution in [0.5, 0.6) is 0 Å². The van der Waals surface area contributed by atoms with Crippen molar-refractivity contribution in [2.75, 3.05) is 25.7 Å².